The first kappa shape index (κ1) is 10.5. The SMILES string of the molecule is COC=CCCCCC(C)C. The first-order valence-corrected chi connectivity index (χ1v) is 4.45. The Morgan fingerprint density at radius 3 is 2.55 bits per heavy atom. The summed E-state index contributed by atoms with van der Waals surface area (Å²) in [5, 5.41) is 0. The van der Waals surface area contributed by atoms with Crippen LogP contribution in [0.2, 0.25) is 0 Å². The van der Waals surface area contributed by atoms with E-state index in [0.717, 1.165) is 12.3 Å². The number of hydrogen-bond donors (Lipinski definition) is 0. The highest BCUT2D eigenvalue weighted by molar-refractivity contribution is 4.72. The van der Waals surface area contributed by atoms with E-state index in [-0.39, 0.29) is 0 Å². The maximum atomic E-state index is 4.79. The topological polar surface area (TPSA) is 9.23 Å². The zero-order valence-corrected chi connectivity index (χ0v) is 7.97. The molecule has 0 rings (SSSR count). The fraction of sp³-hybridized carbons (Fsp3) is 0.800. The molecular formula is C10H20O. The first-order chi connectivity index (χ1) is 5.27. The number of unbranched alkanes of at least 4 members (excludes halogenated alkanes) is 2. The highest BCUT2D eigenvalue weighted by Crippen LogP contribution is 2.07. The number of methoxy groups -OCH3 is 1. The lowest BCUT2D eigenvalue weighted by molar-refractivity contribution is 0.336. The smallest absolute Gasteiger partial charge is 0.0784 e. The van der Waals surface area contributed by atoms with Gasteiger partial charge in [-0.05, 0) is 24.8 Å². The molecule has 0 aliphatic rings. The molecule has 0 N–H and O–H groups in total. The molecule has 0 aromatic carbocycles. The second kappa shape index (κ2) is 7.64. The summed E-state index contributed by atoms with van der Waals surface area (Å²) in [5.74, 6) is 0.849. The standard InChI is InChI=1S/C10H20O/c1-10(2)8-6-4-5-7-9-11-3/h7,9-10H,4-6,8H2,1-3H3. The fourth-order valence-corrected chi connectivity index (χ4v) is 0.979. The van der Waals surface area contributed by atoms with Crippen molar-refractivity contribution in [1.29, 1.82) is 0 Å². The minimum atomic E-state index is 0.849. The van der Waals surface area contributed by atoms with Gasteiger partial charge < -0.3 is 4.74 Å². The summed E-state index contributed by atoms with van der Waals surface area (Å²) in [7, 11) is 1.69. The molecule has 0 aliphatic heterocycles. The van der Waals surface area contributed by atoms with Crippen LogP contribution in [0.4, 0.5) is 0 Å². The van der Waals surface area contributed by atoms with Gasteiger partial charge in [-0.2, -0.15) is 0 Å². The molecular weight excluding hydrogens is 136 g/mol. The summed E-state index contributed by atoms with van der Waals surface area (Å²) in [4.78, 5) is 0. The van der Waals surface area contributed by atoms with Gasteiger partial charge in [0.1, 0.15) is 0 Å². The van der Waals surface area contributed by atoms with Gasteiger partial charge >= 0.3 is 0 Å². The van der Waals surface area contributed by atoms with Crippen molar-refractivity contribution in [3.8, 4) is 0 Å². The van der Waals surface area contributed by atoms with Crippen molar-refractivity contribution in [3.05, 3.63) is 12.3 Å². The summed E-state index contributed by atoms with van der Waals surface area (Å²) < 4.78 is 4.79. The molecule has 0 radical (unpaired) electrons. The molecule has 0 amide bonds. The van der Waals surface area contributed by atoms with Gasteiger partial charge in [0.2, 0.25) is 0 Å². The van der Waals surface area contributed by atoms with Gasteiger partial charge in [0, 0.05) is 0 Å². The van der Waals surface area contributed by atoms with Crippen molar-refractivity contribution < 1.29 is 4.74 Å². The third kappa shape index (κ3) is 9.54. The summed E-state index contributed by atoms with van der Waals surface area (Å²) in [5.41, 5.74) is 0. The molecule has 66 valence electrons. The molecule has 0 fully saturated rings. The molecule has 0 aliphatic carbocycles. The van der Waals surface area contributed by atoms with Crippen molar-refractivity contribution in [2.24, 2.45) is 5.92 Å². The minimum Gasteiger partial charge on any atom is -0.505 e. The predicted octanol–water partition coefficient (Wildman–Crippen LogP) is 3.36. The Balaban J connectivity index is 2.96. The Kier molecular flexibility index (Phi) is 7.33. The lowest BCUT2D eigenvalue weighted by atomic mass is 10.1. The highest BCUT2D eigenvalue weighted by atomic mass is 16.5. The van der Waals surface area contributed by atoms with E-state index >= 15 is 0 Å². The molecule has 0 heterocycles. The van der Waals surface area contributed by atoms with E-state index < -0.39 is 0 Å². The molecule has 0 aromatic rings. The van der Waals surface area contributed by atoms with Gasteiger partial charge in [0.05, 0.1) is 13.4 Å². The molecule has 11 heavy (non-hydrogen) atoms. The third-order valence-corrected chi connectivity index (χ3v) is 1.63. The van der Waals surface area contributed by atoms with Crippen LogP contribution < -0.4 is 0 Å². The first-order valence-electron chi connectivity index (χ1n) is 4.45. The Hall–Kier alpha value is -0.460. The summed E-state index contributed by atoms with van der Waals surface area (Å²) in [6.07, 6.45) is 8.97. The Bertz CT molecular complexity index is 95.0. The van der Waals surface area contributed by atoms with Gasteiger partial charge in [-0.25, -0.2) is 0 Å². The summed E-state index contributed by atoms with van der Waals surface area (Å²) in [6, 6.07) is 0. The molecule has 0 atom stereocenters. The van der Waals surface area contributed by atoms with Crippen LogP contribution in [0.5, 0.6) is 0 Å². The second-order valence-corrected chi connectivity index (χ2v) is 3.29. The molecule has 0 bridgehead atoms. The van der Waals surface area contributed by atoms with E-state index in [4.69, 9.17) is 4.74 Å². The molecule has 0 spiro atoms. The zero-order valence-electron chi connectivity index (χ0n) is 7.97. The minimum absolute atomic E-state index is 0.849. The van der Waals surface area contributed by atoms with Crippen molar-refractivity contribution in [2.75, 3.05) is 7.11 Å². The van der Waals surface area contributed by atoms with Crippen LogP contribution in [-0.2, 0) is 4.74 Å². The number of ether oxygens (including phenoxy) is 1. The van der Waals surface area contributed by atoms with Gasteiger partial charge in [0.25, 0.3) is 0 Å². The quantitative estimate of drug-likeness (QED) is 0.423. The van der Waals surface area contributed by atoms with Gasteiger partial charge in [0.15, 0.2) is 0 Å². The van der Waals surface area contributed by atoms with Crippen molar-refractivity contribution >= 4 is 0 Å². The largest absolute Gasteiger partial charge is 0.505 e. The molecule has 1 nitrogen and oxygen atoms in total. The van der Waals surface area contributed by atoms with Gasteiger partial charge in [-0.15, -0.1) is 0 Å². The lowest BCUT2D eigenvalue weighted by Gasteiger charge is -2.01. The van der Waals surface area contributed by atoms with E-state index in [2.05, 4.69) is 19.9 Å². The predicted molar refractivity (Wildman–Crippen MR) is 49.5 cm³/mol. The van der Waals surface area contributed by atoms with E-state index in [1.807, 2.05) is 0 Å². The van der Waals surface area contributed by atoms with E-state index in [0.29, 0.717) is 0 Å². The van der Waals surface area contributed by atoms with Crippen LogP contribution in [-0.4, -0.2) is 7.11 Å². The molecule has 0 aromatic heterocycles. The Morgan fingerprint density at radius 2 is 2.00 bits per heavy atom. The summed E-state index contributed by atoms with van der Waals surface area (Å²) in [6.45, 7) is 4.54. The van der Waals surface area contributed by atoms with Crippen LogP contribution >= 0.6 is 0 Å². The second-order valence-electron chi connectivity index (χ2n) is 3.29. The van der Waals surface area contributed by atoms with E-state index in [1.54, 1.807) is 13.4 Å². The van der Waals surface area contributed by atoms with Crippen LogP contribution in [0.25, 0.3) is 0 Å². The lowest BCUT2D eigenvalue weighted by Crippen LogP contribution is -1.85. The number of rotatable bonds is 6. The fourth-order valence-electron chi connectivity index (χ4n) is 0.979. The molecule has 1 heteroatoms. The molecule has 0 saturated heterocycles. The normalized spacial score (nSPS) is 11.3. The number of hydrogen-bond acceptors (Lipinski definition) is 1. The van der Waals surface area contributed by atoms with Crippen molar-refractivity contribution in [1.82, 2.24) is 0 Å². The average molecular weight is 156 g/mol. The van der Waals surface area contributed by atoms with Crippen LogP contribution in [0.3, 0.4) is 0 Å². The Labute approximate surface area is 70.4 Å². The monoisotopic (exact) mass is 156 g/mol. The molecule has 0 saturated carbocycles. The Morgan fingerprint density at radius 1 is 1.27 bits per heavy atom. The maximum Gasteiger partial charge on any atom is 0.0784 e. The summed E-state index contributed by atoms with van der Waals surface area (Å²) >= 11 is 0. The van der Waals surface area contributed by atoms with Crippen LogP contribution in [0, 0.1) is 5.92 Å². The van der Waals surface area contributed by atoms with Gasteiger partial charge in [-0.3, -0.25) is 0 Å². The average Bonchev–Trinajstić information content (AvgIpc) is 1.96. The van der Waals surface area contributed by atoms with Crippen molar-refractivity contribution in [3.63, 3.8) is 0 Å². The number of allylic oxidation sites excluding steroid dienone is 1. The molecule has 0 unspecified atom stereocenters. The van der Waals surface area contributed by atoms with Crippen LogP contribution in [0.1, 0.15) is 39.5 Å². The van der Waals surface area contributed by atoms with Crippen LogP contribution in [0.15, 0.2) is 12.3 Å². The van der Waals surface area contributed by atoms with Gasteiger partial charge in [-0.1, -0.05) is 26.7 Å². The third-order valence-electron chi connectivity index (χ3n) is 1.63. The van der Waals surface area contributed by atoms with E-state index in [1.165, 1.54) is 19.3 Å². The maximum absolute atomic E-state index is 4.79. The zero-order chi connectivity index (χ0) is 8.53. The van der Waals surface area contributed by atoms with Crippen molar-refractivity contribution in [2.45, 2.75) is 39.5 Å². The highest BCUT2D eigenvalue weighted by Gasteiger charge is 1.91. The van der Waals surface area contributed by atoms with E-state index in [9.17, 15) is 0 Å².